The first-order valence-corrected chi connectivity index (χ1v) is 12.4. The van der Waals surface area contributed by atoms with Crippen LogP contribution in [0.15, 0.2) is 127 Å². The molecule has 5 unspecified atom stereocenters. The van der Waals surface area contributed by atoms with Crippen molar-refractivity contribution < 1.29 is 0 Å². The summed E-state index contributed by atoms with van der Waals surface area (Å²) in [5.74, 6) is 0. The van der Waals surface area contributed by atoms with Crippen LogP contribution in [0, 0.1) is 0 Å². The van der Waals surface area contributed by atoms with Crippen LogP contribution in [0.4, 0.5) is 0 Å². The molecule has 5 atom stereocenters. The number of nitrogens with one attached hydrogen (secondary N) is 1. The fourth-order valence-electron chi connectivity index (χ4n) is 6.60. The van der Waals surface area contributed by atoms with E-state index in [-0.39, 0.29) is 17.9 Å². The SMILES string of the molecule is C1=CC2N3C(n4c5ccccc5c5ccccc54)NC(c4ccc(-c5ccccc5)cc4)C23C=C1. The summed E-state index contributed by atoms with van der Waals surface area (Å²) in [6.07, 6.45) is 9.28. The summed E-state index contributed by atoms with van der Waals surface area (Å²) in [6, 6.07) is 38.0. The summed E-state index contributed by atoms with van der Waals surface area (Å²) in [5, 5.41) is 6.67. The topological polar surface area (TPSA) is 20.0 Å². The molecule has 0 saturated carbocycles. The van der Waals surface area contributed by atoms with Gasteiger partial charge in [0.25, 0.3) is 0 Å². The maximum atomic E-state index is 4.05. The summed E-state index contributed by atoms with van der Waals surface area (Å²) in [7, 11) is 0. The van der Waals surface area contributed by atoms with Gasteiger partial charge >= 0.3 is 0 Å². The van der Waals surface area contributed by atoms with Crippen molar-refractivity contribution in [2.24, 2.45) is 0 Å². The van der Waals surface area contributed by atoms with Crippen molar-refractivity contribution in [3.8, 4) is 11.1 Å². The zero-order valence-electron chi connectivity index (χ0n) is 19.3. The highest BCUT2D eigenvalue weighted by molar-refractivity contribution is 6.08. The Morgan fingerprint density at radius 2 is 1.26 bits per heavy atom. The van der Waals surface area contributed by atoms with Gasteiger partial charge in [0.15, 0.2) is 0 Å². The number of rotatable bonds is 3. The molecule has 0 amide bonds. The highest BCUT2D eigenvalue weighted by Gasteiger charge is 2.72. The predicted molar refractivity (Wildman–Crippen MR) is 143 cm³/mol. The van der Waals surface area contributed by atoms with E-state index in [9.17, 15) is 0 Å². The third-order valence-electron chi connectivity index (χ3n) is 8.18. The lowest BCUT2D eigenvalue weighted by atomic mass is 9.87. The van der Waals surface area contributed by atoms with Crippen LogP contribution in [-0.2, 0) is 0 Å². The third kappa shape index (κ3) is 2.57. The fraction of sp³-hybridized carbons (Fsp3) is 0.125. The first-order valence-electron chi connectivity index (χ1n) is 12.4. The molecule has 2 aliphatic heterocycles. The Hall–Kier alpha value is -3.92. The zero-order valence-corrected chi connectivity index (χ0v) is 19.3. The molecular formula is C32H25N3. The number of fused-ring (bicyclic) bond motifs is 4. The molecule has 1 aromatic heterocycles. The number of benzene rings is 4. The molecule has 0 radical (unpaired) electrons. The van der Waals surface area contributed by atoms with Gasteiger partial charge in [-0.05, 0) is 28.8 Å². The molecule has 8 rings (SSSR count). The van der Waals surface area contributed by atoms with E-state index in [4.69, 9.17) is 0 Å². The monoisotopic (exact) mass is 451 g/mol. The van der Waals surface area contributed by atoms with E-state index in [1.165, 1.54) is 38.5 Å². The maximum Gasteiger partial charge on any atom is 0.143 e. The highest BCUT2D eigenvalue weighted by Crippen LogP contribution is 2.61. The minimum atomic E-state index is -0.0276. The van der Waals surface area contributed by atoms with Crippen LogP contribution in [0.1, 0.15) is 17.9 Å². The lowest BCUT2D eigenvalue weighted by molar-refractivity contribution is 0.281. The summed E-state index contributed by atoms with van der Waals surface area (Å²) in [6.45, 7) is 0. The van der Waals surface area contributed by atoms with Crippen LogP contribution in [0.25, 0.3) is 32.9 Å². The molecule has 2 fully saturated rings. The van der Waals surface area contributed by atoms with Crippen LogP contribution in [0.5, 0.6) is 0 Å². The van der Waals surface area contributed by atoms with Crippen LogP contribution in [0.3, 0.4) is 0 Å². The van der Waals surface area contributed by atoms with E-state index in [0.29, 0.717) is 6.04 Å². The second-order valence-electron chi connectivity index (χ2n) is 9.85. The number of allylic oxidation sites excluding steroid dienone is 2. The van der Waals surface area contributed by atoms with Crippen LogP contribution in [-0.4, -0.2) is 21.0 Å². The van der Waals surface area contributed by atoms with E-state index in [0.717, 1.165) is 0 Å². The van der Waals surface area contributed by atoms with Crippen molar-refractivity contribution in [3.63, 3.8) is 0 Å². The number of hydrogen-bond donors (Lipinski definition) is 1. The van der Waals surface area contributed by atoms with Gasteiger partial charge in [0.2, 0.25) is 0 Å². The molecule has 4 aromatic carbocycles. The average Bonchev–Trinajstić information content (AvgIpc) is 3.34. The molecule has 1 aliphatic carbocycles. The van der Waals surface area contributed by atoms with E-state index >= 15 is 0 Å². The van der Waals surface area contributed by atoms with Gasteiger partial charge < -0.3 is 4.57 Å². The second kappa shape index (κ2) is 7.05. The molecule has 0 bridgehead atoms. The summed E-state index contributed by atoms with van der Waals surface area (Å²) >= 11 is 0. The molecule has 3 heteroatoms. The standard InChI is InChI=1S/C32H25N3/c1-2-10-22(11-3-1)23-17-19-24(20-18-23)30-32-21-9-8-16-29(32)35(32)31(33-30)34-27-14-6-4-12-25(27)26-13-5-7-15-28(26)34/h1-21,29-31,33H. The fourth-order valence-corrected chi connectivity index (χ4v) is 6.60. The Morgan fingerprint density at radius 3 is 1.97 bits per heavy atom. The first-order chi connectivity index (χ1) is 17.4. The van der Waals surface area contributed by atoms with Gasteiger partial charge in [0.05, 0.1) is 28.7 Å². The van der Waals surface area contributed by atoms with E-state index in [2.05, 4.69) is 142 Å². The van der Waals surface area contributed by atoms with Gasteiger partial charge in [0.1, 0.15) is 6.29 Å². The molecule has 1 N–H and O–H groups in total. The average molecular weight is 452 g/mol. The highest BCUT2D eigenvalue weighted by atomic mass is 15.6. The molecule has 2 saturated heterocycles. The Labute approximate surface area is 204 Å². The second-order valence-corrected chi connectivity index (χ2v) is 9.85. The molecule has 5 aromatic rings. The smallest absolute Gasteiger partial charge is 0.143 e. The normalized spacial score (nSPS) is 28.3. The third-order valence-corrected chi connectivity index (χ3v) is 8.18. The van der Waals surface area contributed by atoms with Crippen molar-refractivity contribution >= 4 is 21.8 Å². The Balaban J connectivity index is 1.26. The van der Waals surface area contributed by atoms with Crippen molar-refractivity contribution in [3.05, 3.63) is 133 Å². The van der Waals surface area contributed by atoms with Gasteiger partial charge in [-0.1, -0.05) is 115 Å². The lowest BCUT2D eigenvalue weighted by Gasteiger charge is -2.26. The number of aromatic nitrogens is 1. The molecule has 35 heavy (non-hydrogen) atoms. The summed E-state index contributed by atoms with van der Waals surface area (Å²) < 4.78 is 2.50. The molecule has 3 aliphatic rings. The van der Waals surface area contributed by atoms with E-state index in [1.54, 1.807) is 0 Å². The Morgan fingerprint density at radius 1 is 0.629 bits per heavy atom. The minimum Gasteiger partial charge on any atom is -0.311 e. The van der Waals surface area contributed by atoms with Crippen molar-refractivity contribution in [2.45, 2.75) is 23.9 Å². The van der Waals surface area contributed by atoms with Gasteiger partial charge in [-0.15, -0.1) is 0 Å². The van der Waals surface area contributed by atoms with Gasteiger partial charge in [-0.3, -0.25) is 5.32 Å². The number of para-hydroxylation sites is 2. The van der Waals surface area contributed by atoms with Gasteiger partial charge in [0, 0.05) is 10.8 Å². The van der Waals surface area contributed by atoms with Gasteiger partial charge in [-0.25, -0.2) is 4.90 Å². The largest absolute Gasteiger partial charge is 0.311 e. The van der Waals surface area contributed by atoms with Gasteiger partial charge in [-0.2, -0.15) is 0 Å². The van der Waals surface area contributed by atoms with Crippen LogP contribution >= 0.6 is 0 Å². The van der Waals surface area contributed by atoms with E-state index in [1.807, 2.05) is 0 Å². The molecular weight excluding hydrogens is 426 g/mol. The Kier molecular flexibility index (Phi) is 3.90. The molecule has 3 heterocycles. The predicted octanol–water partition coefficient (Wildman–Crippen LogP) is 6.81. The Bertz CT molecular complexity index is 1590. The van der Waals surface area contributed by atoms with Crippen molar-refractivity contribution in [1.82, 2.24) is 14.8 Å². The zero-order chi connectivity index (χ0) is 23.0. The molecule has 3 nitrogen and oxygen atoms in total. The molecule has 1 spiro atoms. The maximum absolute atomic E-state index is 4.05. The first kappa shape index (κ1) is 19.4. The quantitative estimate of drug-likeness (QED) is 0.304. The lowest BCUT2D eigenvalue weighted by Crippen LogP contribution is -2.34. The molecule has 168 valence electrons. The summed E-state index contributed by atoms with van der Waals surface area (Å²) in [5.41, 5.74) is 6.37. The minimum absolute atomic E-state index is 0.0276. The van der Waals surface area contributed by atoms with E-state index < -0.39 is 0 Å². The number of hydrogen-bond acceptors (Lipinski definition) is 2. The summed E-state index contributed by atoms with van der Waals surface area (Å²) in [4.78, 5) is 2.64. The van der Waals surface area contributed by atoms with Crippen molar-refractivity contribution in [1.29, 1.82) is 0 Å². The van der Waals surface area contributed by atoms with Crippen LogP contribution < -0.4 is 5.32 Å². The van der Waals surface area contributed by atoms with Crippen molar-refractivity contribution in [2.75, 3.05) is 0 Å². The number of nitrogens with zero attached hydrogens (tertiary/aromatic N) is 2. The van der Waals surface area contributed by atoms with Crippen LogP contribution in [0.2, 0.25) is 0 Å².